The standard InChI is InChI=1S/C17H36N2/c1-3-4-5-6-7-8-9-10-14-19(2)16-17-12-11-13-18-15-17/h17-18H,3-16H2,1-2H3. The first-order valence-electron chi connectivity index (χ1n) is 8.72. The first-order valence-corrected chi connectivity index (χ1v) is 8.72. The molecule has 1 aliphatic heterocycles. The highest BCUT2D eigenvalue weighted by Crippen LogP contribution is 2.12. The van der Waals surface area contributed by atoms with Crippen LogP contribution in [0, 0.1) is 5.92 Å². The van der Waals surface area contributed by atoms with Crippen LogP contribution in [-0.4, -0.2) is 38.1 Å². The summed E-state index contributed by atoms with van der Waals surface area (Å²) < 4.78 is 0. The van der Waals surface area contributed by atoms with Gasteiger partial charge in [-0.2, -0.15) is 0 Å². The average molecular weight is 268 g/mol. The Labute approximate surface area is 121 Å². The van der Waals surface area contributed by atoms with Crippen LogP contribution in [0.25, 0.3) is 0 Å². The van der Waals surface area contributed by atoms with Gasteiger partial charge in [-0.15, -0.1) is 0 Å². The molecule has 2 nitrogen and oxygen atoms in total. The molecule has 1 N–H and O–H groups in total. The van der Waals surface area contributed by atoms with Gasteiger partial charge in [-0.1, -0.05) is 51.9 Å². The molecule has 0 spiro atoms. The summed E-state index contributed by atoms with van der Waals surface area (Å²) in [7, 11) is 2.30. The molecule has 0 amide bonds. The lowest BCUT2D eigenvalue weighted by Crippen LogP contribution is -2.37. The largest absolute Gasteiger partial charge is 0.316 e. The van der Waals surface area contributed by atoms with Gasteiger partial charge in [0.2, 0.25) is 0 Å². The van der Waals surface area contributed by atoms with Crippen molar-refractivity contribution in [1.29, 1.82) is 0 Å². The lowest BCUT2D eigenvalue weighted by Gasteiger charge is -2.27. The number of hydrogen-bond acceptors (Lipinski definition) is 2. The van der Waals surface area contributed by atoms with Crippen molar-refractivity contribution in [3.05, 3.63) is 0 Å². The van der Waals surface area contributed by atoms with Crippen molar-refractivity contribution in [1.82, 2.24) is 10.2 Å². The van der Waals surface area contributed by atoms with Crippen LogP contribution in [0.15, 0.2) is 0 Å². The van der Waals surface area contributed by atoms with Gasteiger partial charge in [0.15, 0.2) is 0 Å². The summed E-state index contributed by atoms with van der Waals surface area (Å²) >= 11 is 0. The summed E-state index contributed by atoms with van der Waals surface area (Å²) in [5, 5.41) is 3.51. The molecule has 1 heterocycles. The molecule has 114 valence electrons. The van der Waals surface area contributed by atoms with Gasteiger partial charge in [-0.3, -0.25) is 0 Å². The van der Waals surface area contributed by atoms with E-state index in [9.17, 15) is 0 Å². The number of nitrogens with one attached hydrogen (secondary N) is 1. The summed E-state index contributed by atoms with van der Waals surface area (Å²) in [6.07, 6.45) is 14.2. The molecule has 1 fully saturated rings. The lowest BCUT2D eigenvalue weighted by molar-refractivity contribution is 0.239. The van der Waals surface area contributed by atoms with E-state index in [-0.39, 0.29) is 0 Å². The van der Waals surface area contributed by atoms with Gasteiger partial charge in [0, 0.05) is 6.54 Å². The molecule has 1 saturated heterocycles. The van der Waals surface area contributed by atoms with E-state index in [1.807, 2.05) is 0 Å². The van der Waals surface area contributed by atoms with Crippen molar-refractivity contribution in [3.63, 3.8) is 0 Å². The lowest BCUT2D eigenvalue weighted by atomic mass is 9.99. The summed E-state index contributed by atoms with van der Waals surface area (Å²) in [5.41, 5.74) is 0. The third kappa shape index (κ3) is 9.45. The van der Waals surface area contributed by atoms with Crippen molar-refractivity contribution in [3.8, 4) is 0 Å². The summed E-state index contributed by atoms with van der Waals surface area (Å²) in [4.78, 5) is 2.55. The van der Waals surface area contributed by atoms with Gasteiger partial charge < -0.3 is 10.2 Å². The molecule has 1 unspecified atom stereocenters. The minimum atomic E-state index is 0.896. The van der Waals surface area contributed by atoms with Crippen LogP contribution in [-0.2, 0) is 0 Å². The van der Waals surface area contributed by atoms with Gasteiger partial charge in [0.05, 0.1) is 0 Å². The van der Waals surface area contributed by atoms with E-state index in [0.717, 1.165) is 5.92 Å². The van der Waals surface area contributed by atoms with Crippen molar-refractivity contribution >= 4 is 0 Å². The molecule has 1 atom stereocenters. The van der Waals surface area contributed by atoms with E-state index in [2.05, 4.69) is 24.2 Å². The second-order valence-electron chi connectivity index (χ2n) is 6.45. The van der Waals surface area contributed by atoms with Crippen LogP contribution >= 0.6 is 0 Å². The fraction of sp³-hybridized carbons (Fsp3) is 1.00. The van der Waals surface area contributed by atoms with E-state index >= 15 is 0 Å². The first kappa shape index (κ1) is 17.0. The molecular weight excluding hydrogens is 232 g/mol. The molecule has 1 rings (SSSR count). The summed E-state index contributed by atoms with van der Waals surface area (Å²) in [6, 6.07) is 0. The Kier molecular flexibility index (Phi) is 10.5. The number of nitrogens with zero attached hydrogens (tertiary/aromatic N) is 1. The number of hydrogen-bond donors (Lipinski definition) is 1. The monoisotopic (exact) mass is 268 g/mol. The van der Waals surface area contributed by atoms with E-state index in [1.54, 1.807) is 0 Å². The molecule has 2 heteroatoms. The second kappa shape index (κ2) is 11.7. The van der Waals surface area contributed by atoms with Crippen molar-refractivity contribution < 1.29 is 0 Å². The molecule has 19 heavy (non-hydrogen) atoms. The van der Waals surface area contributed by atoms with Crippen LogP contribution in [0.4, 0.5) is 0 Å². The molecular formula is C17H36N2. The third-order valence-electron chi connectivity index (χ3n) is 4.36. The number of piperidine rings is 1. The predicted molar refractivity (Wildman–Crippen MR) is 85.7 cm³/mol. The third-order valence-corrected chi connectivity index (χ3v) is 4.36. The van der Waals surface area contributed by atoms with Crippen LogP contribution in [0.1, 0.15) is 71.1 Å². The second-order valence-corrected chi connectivity index (χ2v) is 6.45. The number of unbranched alkanes of at least 4 members (excludes halogenated alkanes) is 7. The van der Waals surface area contributed by atoms with Gasteiger partial charge in [0.25, 0.3) is 0 Å². The van der Waals surface area contributed by atoms with Gasteiger partial charge >= 0.3 is 0 Å². The minimum Gasteiger partial charge on any atom is -0.316 e. The Morgan fingerprint density at radius 3 is 2.32 bits per heavy atom. The van der Waals surface area contributed by atoms with Crippen LogP contribution in [0.3, 0.4) is 0 Å². The SMILES string of the molecule is CCCCCCCCCCN(C)CC1CCCNC1. The van der Waals surface area contributed by atoms with Crippen LogP contribution in [0.2, 0.25) is 0 Å². The Balaban J connectivity index is 1.85. The zero-order valence-corrected chi connectivity index (χ0v) is 13.4. The highest BCUT2D eigenvalue weighted by molar-refractivity contribution is 4.71. The highest BCUT2D eigenvalue weighted by Gasteiger charge is 2.14. The molecule has 0 aliphatic carbocycles. The van der Waals surface area contributed by atoms with Gasteiger partial charge in [-0.25, -0.2) is 0 Å². The topological polar surface area (TPSA) is 15.3 Å². The Morgan fingerprint density at radius 2 is 1.68 bits per heavy atom. The molecule has 0 aromatic heterocycles. The van der Waals surface area contributed by atoms with Crippen molar-refractivity contribution in [2.45, 2.75) is 71.1 Å². The van der Waals surface area contributed by atoms with Crippen molar-refractivity contribution in [2.24, 2.45) is 5.92 Å². The van der Waals surface area contributed by atoms with E-state index in [4.69, 9.17) is 0 Å². The van der Waals surface area contributed by atoms with Gasteiger partial charge in [-0.05, 0) is 51.9 Å². The zero-order valence-electron chi connectivity index (χ0n) is 13.4. The molecule has 0 aromatic carbocycles. The number of rotatable bonds is 11. The molecule has 0 saturated carbocycles. The summed E-state index contributed by atoms with van der Waals surface area (Å²) in [6.45, 7) is 7.35. The van der Waals surface area contributed by atoms with E-state index in [1.165, 1.54) is 90.4 Å². The van der Waals surface area contributed by atoms with Gasteiger partial charge in [0.1, 0.15) is 0 Å². The molecule has 0 aromatic rings. The maximum Gasteiger partial charge on any atom is 0.00187 e. The Bertz CT molecular complexity index is 188. The quantitative estimate of drug-likeness (QED) is 0.569. The molecule has 0 radical (unpaired) electrons. The minimum absolute atomic E-state index is 0.896. The molecule has 0 bridgehead atoms. The van der Waals surface area contributed by atoms with Crippen molar-refractivity contribution in [2.75, 3.05) is 33.2 Å². The predicted octanol–water partition coefficient (Wildman–Crippen LogP) is 4.06. The maximum absolute atomic E-state index is 3.51. The zero-order chi connectivity index (χ0) is 13.8. The fourth-order valence-corrected chi connectivity index (χ4v) is 3.13. The van der Waals surface area contributed by atoms with E-state index in [0.29, 0.717) is 0 Å². The Hall–Kier alpha value is -0.0800. The smallest absolute Gasteiger partial charge is 0.00187 e. The molecule has 1 aliphatic rings. The normalized spacial score (nSPS) is 20.1. The summed E-state index contributed by atoms with van der Waals surface area (Å²) in [5.74, 6) is 0.896. The van der Waals surface area contributed by atoms with E-state index < -0.39 is 0 Å². The van der Waals surface area contributed by atoms with Crippen LogP contribution < -0.4 is 5.32 Å². The van der Waals surface area contributed by atoms with Crippen LogP contribution in [0.5, 0.6) is 0 Å². The fourth-order valence-electron chi connectivity index (χ4n) is 3.13. The first-order chi connectivity index (χ1) is 9.33. The Morgan fingerprint density at radius 1 is 1.00 bits per heavy atom. The maximum atomic E-state index is 3.51. The highest BCUT2D eigenvalue weighted by atomic mass is 15.1. The average Bonchev–Trinajstić information content (AvgIpc) is 2.43.